The van der Waals surface area contributed by atoms with Gasteiger partial charge in [-0.2, -0.15) is 10.5 Å². The largest absolute Gasteiger partial charge is 0.154 e. The highest BCUT2D eigenvalue weighted by molar-refractivity contribution is 6.09. The van der Waals surface area contributed by atoms with Crippen LogP contribution >= 0.6 is 0 Å². The van der Waals surface area contributed by atoms with Crippen LogP contribution in [0.3, 0.4) is 0 Å². The first-order valence-electron chi connectivity index (χ1n) is 9.25. The van der Waals surface area contributed by atoms with Crippen LogP contribution in [0.4, 0.5) is 5.69 Å². The molecule has 0 unspecified atom stereocenters. The zero-order valence-electron chi connectivity index (χ0n) is 14.0. The second-order valence-corrected chi connectivity index (χ2v) is 7.01. The van der Waals surface area contributed by atoms with Crippen molar-refractivity contribution in [2.24, 2.45) is 11.0 Å². The lowest BCUT2D eigenvalue weighted by atomic mass is 9.85. The van der Waals surface area contributed by atoms with E-state index in [-0.39, 0.29) is 0 Å². The second-order valence-electron chi connectivity index (χ2n) is 7.01. The van der Waals surface area contributed by atoms with E-state index in [2.05, 4.69) is 35.7 Å². The Labute approximate surface area is 135 Å². The van der Waals surface area contributed by atoms with Crippen molar-refractivity contribution >= 4 is 11.4 Å². The van der Waals surface area contributed by atoms with Crippen LogP contribution in [0, 0.1) is 12.8 Å². The van der Waals surface area contributed by atoms with Crippen LogP contribution in [0.1, 0.15) is 81.8 Å². The summed E-state index contributed by atoms with van der Waals surface area (Å²) in [6, 6.07) is 6.40. The van der Waals surface area contributed by atoms with E-state index in [1.807, 2.05) is 0 Å². The Morgan fingerprint density at radius 2 is 1.41 bits per heavy atom. The molecule has 119 valence electrons. The van der Waals surface area contributed by atoms with Gasteiger partial charge in [0.15, 0.2) is 0 Å². The quantitative estimate of drug-likeness (QED) is 0.620. The van der Waals surface area contributed by atoms with E-state index >= 15 is 0 Å². The number of hydrogen-bond donors (Lipinski definition) is 0. The van der Waals surface area contributed by atoms with E-state index in [0.717, 1.165) is 5.69 Å². The first-order chi connectivity index (χ1) is 10.9. The molecule has 0 atom stereocenters. The molecular formula is C20H29N2. The Bertz CT molecular complexity index is 506. The number of nitrogens with zero attached hydrogens (tertiary/aromatic N) is 2. The highest BCUT2D eigenvalue weighted by Gasteiger charge is 2.26. The third-order valence-corrected chi connectivity index (χ3v) is 5.26. The van der Waals surface area contributed by atoms with Gasteiger partial charge in [-0.15, -0.1) is 0 Å². The molecule has 0 spiro atoms. The standard InChI is InChI=1S/C20H29N2/c1-16-12-11-15-18-19(16)20(22-21-18)17-13-9-7-5-3-2-4-6-8-10-14-17/h11-12,15,17H,2-10,13-14H2,1H3. The molecule has 2 aliphatic rings. The van der Waals surface area contributed by atoms with Crippen molar-refractivity contribution in [3.05, 3.63) is 29.3 Å². The van der Waals surface area contributed by atoms with Crippen molar-refractivity contribution in [3.63, 3.8) is 0 Å². The topological polar surface area (TPSA) is 26.5 Å². The maximum atomic E-state index is 4.60. The van der Waals surface area contributed by atoms with Gasteiger partial charge in [-0.1, -0.05) is 69.9 Å². The summed E-state index contributed by atoms with van der Waals surface area (Å²) in [5.41, 5.74) is 9.47. The van der Waals surface area contributed by atoms with Crippen LogP contribution in [0.15, 0.2) is 23.3 Å². The Balaban J connectivity index is 1.71. The van der Waals surface area contributed by atoms with E-state index in [1.165, 1.54) is 87.5 Å². The number of fused-ring (bicyclic) bond motifs is 1. The molecule has 0 N–H and O–H groups in total. The van der Waals surface area contributed by atoms with Gasteiger partial charge < -0.3 is 0 Å². The van der Waals surface area contributed by atoms with Crippen LogP contribution in [0.5, 0.6) is 0 Å². The monoisotopic (exact) mass is 297 g/mol. The van der Waals surface area contributed by atoms with Crippen LogP contribution in [0.25, 0.3) is 0 Å². The van der Waals surface area contributed by atoms with Crippen molar-refractivity contribution in [1.82, 2.24) is 5.43 Å². The summed E-state index contributed by atoms with van der Waals surface area (Å²) in [6.45, 7) is 2.20. The normalized spacial score (nSPS) is 21.2. The molecule has 3 rings (SSSR count). The van der Waals surface area contributed by atoms with Gasteiger partial charge in [0.2, 0.25) is 0 Å². The molecule has 0 aromatic heterocycles. The smallest absolute Gasteiger partial charge is 0.0950 e. The number of hydrogen-bond acceptors (Lipinski definition) is 1. The molecule has 1 heterocycles. The average Bonchev–Trinajstić information content (AvgIpc) is 2.93. The fraction of sp³-hybridized carbons (Fsp3) is 0.650. The maximum absolute atomic E-state index is 4.60. The van der Waals surface area contributed by atoms with E-state index in [0.29, 0.717) is 5.92 Å². The van der Waals surface area contributed by atoms with E-state index in [4.69, 9.17) is 0 Å². The lowest BCUT2D eigenvalue weighted by Gasteiger charge is -2.19. The lowest BCUT2D eigenvalue weighted by molar-refractivity contribution is 0.465. The van der Waals surface area contributed by atoms with Gasteiger partial charge in [0.25, 0.3) is 0 Å². The molecule has 0 bridgehead atoms. The number of rotatable bonds is 1. The highest BCUT2D eigenvalue weighted by atomic mass is 15.3. The predicted octanol–water partition coefficient (Wildman–Crippen LogP) is 5.87. The molecule has 2 heteroatoms. The Kier molecular flexibility index (Phi) is 5.53. The summed E-state index contributed by atoms with van der Waals surface area (Å²) in [7, 11) is 0. The molecule has 1 saturated carbocycles. The average molecular weight is 297 g/mol. The fourth-order valence-electron chi connectivity index (χ4n) is 3.95. The minimum absolute atomic E-state index is 0.616. The van der Waals surface area contributed by atoms with Gasteiger partial charge in [0.05, 0.1) is 11.4 Å². The summed E-state index contributed by atoms with van der Waals surface area (Å²) in [6.07, 6.45) is 15.2. The predicted molar refractivity (Wildman–Crippen MR) is 93.8 cm³/mol. The van der Waals surface area contributed by atoms with E-state index in [9.17, 15) is 0 Å². The molecule has 22 heavy (non-hydrogen) atoms. The van der Waals surface area contributed by atoms with Gasteiger partial charge in [-0.3, -0.25) is 0 Å². The Hall–Kier alpha value is -1.31. The minimum Gasteiger partial charge on any atom is -0.154 e. The fourth-order valence-corrected chi connectivity index (χ4v) is 3.95. The molecule has 1 fully saturated rings. The molecule has 1 aliphatic carbocycles. The van der Waals surface area contributed by atoms with E-state index < -0.39 is 0 Å². The Morgan fingerprint density at radius 1 is 0.818 bits per heavy atom. The number of aryl methyl sites for hydroxylation is 1. The molecule has 1 aliphatic heterocycles. The van der Waals surface area contributed by atoms with Gasteiger partial charge in [0.1, 0.15) is 0 Å². The summed E-state index contributed by atoms with van der Waals surface area (Å²) in [4.78, 5) is 0. The maximum Gasteiger partial charge on any atom is 0.0950 e. The lowest BCUT2D eigenvalue weighted by Crippen LogP contribution is -2.16. The van der Waals surface area contributed by atoms with Crippen molar-refractivity contribution < 1.29 is 0 Å². The van der Waals surface area contributed by atoms with Gasteiger partial charge >= 0.3 is 0 Å². The first kappa shape index (κ1) is 15.6. The SMILES string of the molecule is Cc1cccc2c1C(C1CCCCCCCCCCC1)=N[N]2. The first-order valence-corrected chi connectivity index (χ1v) is 9.25. The third kappa shape index (κ3) is 3.71. The van der Waals surface area contributed by atoms with Crippen molar-refractivity contribution in [2.45, 2.75) is 77.6 Å². The molecular weight excluding hydrogens is 268 g/mol. The summed E-state index contributed by atoms with van der Waals surface area (Å²) < 4.78 is 0. The highest BCUT2D eigenvalue weighted by Crippen LogP contribution is 2.33. The Morgan fingerprint density at radius 3 is 2.05 bits per heavy atom. The van der Waals surface area contributed by atoms with Crippen LogP contribution in [-0.4, -0.2) is 5.71 Å². The zero-order valence-corrected chi connectivity index (χ0v) is 14.0. The van der Waals surface area contributed by atoms with Crippen LogP contribution in [0.2, 0.25) is 0 Å². The summed E-state index contributed by atoms with van der Waals surface area (Å²) in [5, 5.41) is 4.60. The minimum atomic E-state index is 0.616. The van der Waals surface area contributed by atoms with Crippen LogP contribution < -0.4 is 5.43 Å². The zero-order chi connectivity index (χ0) is 15.2. The molecule has 2 nitrogen and oxygen atoms in total. The van der Waals surface area contributed by atoms with Crippen molar-refractivity contribution in [1.29, 1.82) is 0 Å². The molecule has 1 radical (unpaired) electrons. The molecule has 0 saturated heterocycles. The summed E-state index contributed by atoms with van der Waals surface area (Å²) >= 11 is 0. The van der Waals surface area contributed by atoms with Gasteiger partial charge in [-0.05, 0) is 31.4 Å². The van der Waals surface area contributed by atoms with Crippen molar-refractivity contribution in [2.75, 3.05) is 0 Å². The van der Waals surface area contributed by atoms with Gasteiger partial charge in [0, 0.05) is 11.5 Å². The summed E-state index contributed by atoms with van der Waals surface area (Å²) in [5.74, 6) is 0.616. The van der Waals surface area contributed by atoms with Gasteiger partial charge in [-0.25, -0.2) is 0 Å². The van der Waals surface area contributed by atoms with Crippen LogP contribution in [-0.2, 0) is 0 Å². The molecule has 0 amide bonds. The van der Waals surface area contributed by atoms with E-state index in [1.54, 1.807) is 0 Å². The third-order valence-electron chi connectivity index (χ3n) is 5.26. The molecule has 1 aromatic rings. The van der Waals surface area contributed by atoms with Crippen molar-refractivity contribution in [3.8, 4) is 0 Å². The molecule has 1 aromatic carbocycles. The number of benzene rings is 1. The second kappa shape index (κ2) is 7.80.